The first-order chi connectivity index (χ1) is 12.6. The van der Waals surface area contributed by atoms with Gasteiger partial charge in [-0.15, -0.1) is 0 Å². The second-order valence-electron chi connectivity index (χ2n) is 7.21. The minimum Gasteiger partial charge on any atom is -0.478 e. The summed E-state index contributed by atoms with van der Waals surface area (Å²) in [6.07, 6.45) is 4.69. The molecule has 2 heterocycles. The largest absolute Gasteiger partial charge is 0.478 e. The Hall–Kier alpha value is -1.53. The number of hydrogen-bond donors (Lipinski definition) is 1. The summed E-state index contributed by atoms with van der Waals surface area (Å²) >= 11 is 1.75. The highest BCUT2D eigenvalue weighted by molar-refractivity contribution is 7.99. The van der Waals surface area contributed by atoms with Gasteiger partial charge in [-0.25, -0.2) is 4.79 Å². The lowest BCUT2D eigenvalue weighted by molar-refractivity contribution is -0.129. The van der Waals surface area contributed by atoms with E-state index in [-0.39, 0.29) is 5.91 Å². The lowest BCUT2D eigenvalue weighted by Gasteiger charge is -2.33. The van der Waals surface area contributed by atoms with E-state index in [1.807, 2.05) is 17.0 Å². The number of amides is 1. The standard InChI is InChI=1S/C20H28N2O3S/c23-19(15-26-13-12-21-9-1-2-10-21)22-11-3-4-18(14-22)16-5-7-17(8-6-16)20(24)25/h5-8,18H,1-4,9-15H2,(H,24,25)/t18-/m0/s1. The maximum absolute atomic E-state index is 12.5. The summed E-state index contributed by atoms with van der Waals surface area (Å²) in [7, 11) is 0. The number of carboxylic acids is 1. The average molecular weight is 377 g/mol. The van der Waals surface area contributed by atoms with Crippen molar-refractivity contribution in [2.45, 2.75) is 31.6 Å². The third kappa shape index (κ3) is 5.24. The van der Waals surface area contributed by atoms with E-state index >= 15 is 0 Å². The van der Waals surface area contributed by atoms with Gasteiger partial charge in [0.25, 0.3) is 0 Å². The summed E-state index contributed by atoms with van der Waals surface area (Å²) in [6.45, 7) is 5.11. The van der Waals surface area contributed by atoms with Crippen molar-refractivity contribution in [1.29, 1.82) is 0 Å². The Morgan fingerprint density at radius 3 is 2.50 bits per heavy atom. The number of benzene rings is 1. The Morgan fingerprint density at radius 1 is 1.08 bits per heavy atom. The van der Waals surface area contributed by atoms with Crippen molar-refractivity contribution in [3.63, 3.8) is 0 Å². The molecular weight excluding hydrogens is 348 g/mol. The van der Waals surface area contributed by atoms with Crippen LogP contribution in [0.2, 0.25) is 0 Å². The summed E-state index contributed by atoms with van der Waals surface area (Å²) in [5, 5.41) is 9.01. The van der Waals surface area contributed by atoms with Gasteiger partial charge in [0.2, 0.25) is 5.91 Å². The summed E-state index contributed by atoms with van der Waals surface area (Å²) in [4.78, 5) is 28.0. The second-order valence-corrected chi connectivity index (χ2v) is 8.31. The maximum Gasteiger partial charge on any atom is 0.335 e. The highest BCUT2D eigenvalue weighted by atomic mass is 32.2. The zero-order valence-electron chi connectivity index (χ0n) is 15.2. The summed E-state index contributed by atoms with van der Waals surface area (Å²) < 4.78 is 0. The fourth-order valence-corrected chi connectivity index (χ4v) is 4.71. The Balaban J connectivity index is 1.44. The van der Waals surface area contributed by atoms with E-state index < -0.39 is 5.97 Å². The third-order valence-electron chi connectivity index (χ3n) is 5.38. The Kier molecular flexibility index (Phi) is 6.97. The maximum atomic E-state index is 12.5. The van der Waals surface area contributed by atoms with E-state index in [1.54, 1.807) is 23.9 Å². The molecule has 0 saturated carbocycles. The van der Waals surface area contributed by atoms with Crippen LogP contribution in [0.1, 0.15) is 47.5 Å². The van der Waals surface area contributed by atoms with Crippen LogP contribution in [0, 0.1) is 0 Å². The van der Waals surface area contributed by atoms with Gasteiger partial charge in [0.15, 0.2) is 0 Å². The van der Waals surface area contributed by atoms with Crippen LogP contribution in [0.3, 0.4) is 0 Å². The highest BCUT2D eigenvalue weighted by Gasteiger charge is 2.24. The van der Waals surface area contributed by atoms with Gasteiger partial charge in [0.1, 0.15) is 0 Å². The smallest absolute Gasteiger partial charge is 0.335 e. The van der Waals surface area contributed by atoms with Gasteiger partial charge in [-0.3, -0.25) is 4.79 Å². The molecule has 6 heteroatoms. The lowest BCUT2D eigenvalue weighted by atomic mass is 9.90. The molecule has 1 amide bonds. The van der Waals surface area contributed by atoms with Crippen molar-refractivity contribution < 1.29 is 14.7 Å². The van der Waals surface area contributed by atoms with Crippen LogP contribution in [0.15, 0.2) is 24.3 Å². The molecule has 0 aromatic heterocycles. The number of rotatable bonds is 7. The van der Waals surface area contributed by atoms with Crippen molar-refractivity contribution in [2.75, 3.05) is 44.2 Å². The molecule has 1 aromatic rings. The Bertz CT molecular complexity index is 614. The third-order valence-corrected chi connectivity index (χ3v) is 6.30. The molecule has 0 bridgehead atoms. The molecule has 2 aliphatic heterocycles. The molecule has 2 saturated heterocycles. The molecule has 2 aliphatic rings. The van der Waals surface area contributed by atoms with Crippen LogP contribution in [0.4, 0.5) is 0 Å². The molecule has 0 radical (unpaired) electrons. The highest BCUT2D eigenvalue weighted by Crippen LogP contribution is 2.27. The number of nitrogens with zero attached hydrogens (tertiary/aromatic N) is 2. The van der Waals surface area contributed by atoms with Gasteiger partial charge in [0, 0.05) is 31.3 Å². The van der Waals surface area contributed by atoms with E-state index in [2.05, 4.69) is 4.90 Å². The van der Waals surface area contributed by atoms with Gasteiger partial charge < -0.3 is 14.9 Å². The van der Waals surface area contributed by atoms with Gasteiger partial charge in [-0.1, -0.05) is 12.1 Å². The van der Waals surface area contributed by atoms with E-state index in [4.69, 9.17) is 5.11 Å². The molecule has 1 aromatic carbocycles. The predicted octanol–water partition coefficient (Wildman–Crippen LogP) is 2.92. The lowest BCUT2D eigenvalue weighted by Crippen LogP contribution is -2.40. The number of carboxylic acid groups (broad SMARTS) is 1. The van der Waals surface area contributed by atoms with Gasteiger partial charge in [0.05, 0.1) is 11.3 Å². The SMILES string of the molecule is O=C(O)c1ccc([C@H]2CCCN(C(=O)CSCCN3CCCC3)C2)cc1. The minimum atomic E-state index is -0.900. The molecule has 26 heavy (non-hydrogen) atoms. The minimum absolute atomic E-state index is 0.239. The average Bonchev–Trinajstić information content (AvgIpc) is 3.19. The van der Waals surface area contributed by atoms with Gasteiger partial charge in [-0.2, -0.15) is 11.8 Å². The topological polar surface area (TPSA) is 60.9 Å². The summed E-state index contributed by atoms with van der Waals surface area (Å²) in [5.74, 6) is 1.24. The van der Waals surface area contributed by atoms with E-state index in [0.717, 1.165) is 43.8 Å². The molecule has 1 N–H and O–H groups in total. The number of thioether (sulfide) groups is 1. The second kappa shape index (κ2) is 9.42. The molecule has 5 nitrogen and oxygen atoms in total. The molecule has 2 fully saturated rings. The molecule has 1 atom stereocenters. The van der Waals surface area contributed by atoms with E-state index in [1.165, 1.54) is 25.9 Å². The van der Waals surface area contributed by atoms with Crippen LogP contribution in [-0.4, -0.2) is 71.0 Å². The van der Waals surface area contributed by atoms with Crippen molar-refractivity contribution >= 4 is 23.6 Å². The zero-order valence-corrected chi connectivity index (χ0v) is 16.0. The van der Waals surface area contributed by atoms with Crippen molar-refractivity contribution in [1.82, 2.24) is 9.80 Å². The van der Waals surface area contributed by atoms with Crippen LogP contribution in [-0.2, 0) is 4.79 Å². The molecule has 0 unspecified atom stereocenters. The zero-order chi connectivity index (χ0) is 18.4. The van der Waals surface area contributed by atoms with Crippen molar-refractivity contribution in [3.8, 4) is 0 Å². The normalized spacial score (nSPS) is 21.1. The van der Waals surface area contributed by atoms with Gasteiger partial charge in [-0.05, 0) is 56.5 Å². The number of likely N-dealkylation sites (tertiary alicyclic amines) is 2. The molecule has 3 rings (SSSR count). The fourth-order valence-electron chi connectivity index (χ4n) is 3.82. The van der Waals surface area contributed by atoms with Crippen LogP contribution in [0.25, 0.3) is 0 Å². The molecular formula is C20H28N2O3S. The van der Waals surface area contributed by atoms with E-state index in [9.17, 15) is 9.59 Å². The van der Waals surface area contributed by atoms with Crippen LogP contribution < -0.4 is 0 Å². The summed E-state index contributed by atoms with van der Waals surface area (Å²) in [5.41, 5.74) is 1.45. The number of hydrogen-bond acceptors (Lipinski definition) is 4. The van der Waals surface area contributed by atoms with Crippen LogP contribution >= 0.6 is 11.8 Å². The summed E-state index contributed by atoms with van der Waals surface area (Å²) in [6, 6.07) is 7.11. The number of aromatic carboxylic acids is 1. The number of piperidine rings is 1. The Labute approximate surface area is 159 Å². The molecule has 0 aliphatic carbocycles. The van der Waals surface area contributed by atoms with Crippen molar-refractivity contribution in [3.05, 3.63) is 35.4 Å². The molecule has 0 spiro atoms. The number of carbonyl (C=O) groups is 2. The van der Waals surface area contributed by atoms with E-state index in [0.29, 0.717) is 17.2 Å². The van der Waals surface area contributed by atoms with Crippen molar-refractivity contribution in [2.24, 2.45) is 0 Å². The first-order valence-electron chi connectivity index (χ1n) is 9.54. The van der Waals surface area contributed by atoms with Crippen LogP contribution in [0.5, 0.6) is 0 Å². The Morgan fingerprint density at radius 2 is 1.81 bits per heavy atom. The molecule has 142 valence electrons. The number of carbonyl (C=O) groups excluding carboxylic acids is 1. The first-order valence-corrected chi connectivity index (χ1v) is 10.7. The van der Waals surface area contributed by atoms with Gasteiger partial charge >= 0.3 is 5.97 Å². The fraction of sp³-hybridized carbons (Fsp3) is 0.600. The first kappa shape index (κ1) is 19.2. The monoisotopic (exact) mass is 376 g/mol. The predicted molar refractivity (Wildman–Crippen MR) is 105 cm³/mol. The quantitative estimate of drug-likeness (QED) is 0.742.